The van der Waals surface area contributed by atoms with Gasteiger partial charge in [-0.1, -0.05) is 31.2 Å². The number of nitriles is 1. The average molecular weight is 400 g/mol. The van der Waals surface area contributed by atoms with Gasteiger partial charge in [-0.05, 0) is 66.8 Å². The summed E-state index contributed by atoms with van der Waals surface area (Å²) in [4.78, 5) is 20.0. The van der Waals surface area contributed by atoms with Crippen LogP contribution in [0.2, 0.25) is 0 Å². The lowest BCUT2D eigenvalue weighted by atomic mass is 9.93. The first-order chi connectivity index (χ1) is 14.4. The van der Waals surface area contributed by atoms with E-state index in [4.69, 9.17) is 5.26 Å². The van der Waals surface area contributed by atoms with Crippen LogP contribution in [0.5, 0.6) is 0 Å². The number of aromatic nitrogens is 2. The van der Waals surface area contributed by atoms with Gasteiger partial charge in [-0.2, -0.15) is 15.2 Å². The van der Waals surface area contributed by atoms with Crippen LogP contribution in [0.4, 0.5) is 23.1 Å². The number of benzene rings is 2. The molecule has 30 heavy (non-hydrogen) atoms. The summed E-state index contributed by atoms with van der Waals surface area (Å²) in [5, 5.41) is 18.7. The zero-order chi connectivity index (χ0) is 21.7. The standard InChI is InChI=1S/C23H24N6O/c1-14(2)21(29-30)18-11-15(3)22(16(4)12-18)27-20-9-10-25-23(28-20)26-19-7-5-17(13-24)6-8-19/h5-12,14,21H,1-4H3,(H2,25,26,27,28). The Balaban J connectivity index is 1.82. The van der Waals surface area contributed by atoms with Crippen molar-refractivity contribution in [1.82, 2.24) is 9.97 Å². The van der Waals surface area contributed by atoms with Gasteiger partial charge in [0.1, 0.15) is 11.9 Å². The lowest BCUT2D eigenvalue weighted by Crippen LogP contribution is -2.06. The maximum Gasteiger partial charge on any atom is 0.229 e. The lowest BCUT2D eigenvalue weighted by molar-refractivity contribution is 0.513. The van der Waals surface area contributed by atoms with Crippen molar-refractivity contribution in [2.45, 2.75) is 33.7 Å². The van der Waals surface area contributed by atoms with E-state index in [9.17, 15) is 4.91 Å². The van der Waals surface area contributed by atoms with E-state index in [1.54, 1.807) is 36.5 Å². The second kappa shape index (κ2) is 9.14. The molecule has 1 aromatic heterocycles. The maximum absolute atomic E-state index is 11.3. The molecule has 2 aromatic carbocycles. The molecule has 0 aliphatic rings. The Bertz CT molecular complexity index is 1060. The number of rotatable bonds is 7. The lowest BCUT2D eigenvalue weighted by Gasteiger charge is -2.18. The largest absolute Gasteiger partial charge is 0.340 e. The first-order valence-corrected chi connectivity index (χ1v) is 9.72. The molecular formula is C23H24N6O. The minimum Gasteiger partial charge on any atom is -0.340 e. The van der Waals surface area contributed by atoms with Gasteiger partial charge in [-0.3, -0.25) is 0 Å². The molecule has 0 aliphatic heterocycles. The van der Waals surface area contributed by atoms with Gasteiger partial charge in [0.05, 0.1) is 11.6 Å². The molecule has 1 atom stereocenters. The fraction of sp³-hybridized carbons (Fsp3) is 0.261. The van der Waals surface area contributed by atoms with E-state index in [0.717, 1.165) is 28.1 Å². The van der Waals surface area contributed by atoms with Crippen LogP contribution in [0.1, 0.15) is 42.1 Å². The summed E-state index contributed by atoms with van der Waals surface area (Å²) >= 11 is 0. The monoisotopic (exact) mass is 400 g/mol. The third kappa shape index (κ3) is 4.78. The molecule has 7 heteroatoms. The second-order valence-electron chi connectivity index (χ2n) is 7.53. The second-order valence-corrected chi connectivity index (χ2v) is 7.53. The third-order valence-electron chi connectivity index (χ3n) is 4.82. The van der Waals surface area contributed by atoms with Crippen LogP contribution in [0, 0.1) is 36.0 Å². The summed E-state index contributed by atoms with van der Waals surface area (Å²) in [5.74, 6) is 1.23. The number of hydrogen-bond donors (Lipinski definition) is 2. The maximum atomic E-state index is 11.3. The smallest absolute Gasteiger partial charge is 0.229 e. The fourth-order valence-electron chi connectivity index (χ4n) is 3.31. The predicted octanol–water partition coefficient (Wildman–Crippen LogP) is 5.92. The Labute approximate surface area is 176 Å². The summed E-state index contributed by atoms with van der Waals surface area (Å²) in [6.45, 7) is 7.98. The minimum absolute atomic E-state index is 0.137. The van der Waals surface area contributed by atoms with Crippen LogP contribution < -0.4 is 10.6 Å². The first-order valence-electron chi connectivity index (χ1n) is 9.72. The molecule has 0 fully saturated rings. The van der Waals surface area contributed by atoms with Crippen LogP contribution in [0.15, 0.2) is 53.8 Å². The summed E-state index contributed by atoms with van der Waals surface area (Å²) in [5.41, 5.74) is 5.28. The Morgan fingerprint density at radius 3 is 2.27 bits per heavy atom. The number of nitroso groups, excluding NO2 is 1. The molecule has 1 heterocycles. The highest BCUT2D eigenvalue weighted by atomic mass is 16.3. The van der Waals surface area contributed by atoms with Gasteiger partial charge < -0.3 is 10.6 Å². The molecule has 0 radical (unpaired) electrons. The van der Waals surface area contributed by atoms with E-state index >= 15 is 0 Å². The summed E-state index contributed by atoms with van der Waals surface area (Å²) in [7, 11) is 0. The predicted molar refractivity (Wildman–Crippen MR) is 119 cm³/mol. The molecule has 0 saturated heterocycles. The minimum atomic E-state index is -0.362. The van der Waals surface area contributed by atoms with Crippen molar-refractivity contribution in [3.05, 3.63) is 75.8 Å². The fourth-order valence-corrected chi connectivity index (χ4v) is 3.31. The number of aryl methyl sites for hydroxylation is 2. The average Bonchev–Trinajstić information content (AvgIpc) is 2.72. The van der Waals surface area contributed by atoms with Crippen LogP contribution >= 0.6 is 0 Å². The number of nitrogens with zero attached hydrogens (tertiary/aromatic N) is 4. The SMILES string of the molecule is Cc1cc(C(N=O)C(C)C)cc(C)c1Nc1ccnc(Nc2ccc(C#N)cc2)n1. The Morgan fingerprint density at radius 1 is 1.03 bits per heavy atom. The topological polar surface area (TPSA) is 103 Å². The van der Waals surface area contributed by atoms with Crippen LogP contribution in [-0.2, 0) is 0 Å². The quantitative estimate of drug-likeness (QED) is 0.477. The van der Waals surface area contributed by atoms with Crippen LogP contribution in [-0.4, -0.2) is 9.97 Å². The molecule has 152 valence electrons. The summed E-state index contributed by atoms with van der Waals surface area (Å²) in [6.07, 6.45) is 1.67. The van der Waals surface area contributed by atoms with Gasteiger partial charge in [0.25, 0.3) is 0 Å². The van der Waals surface area contributed by atoms with Crippen molar-refractivity contribution < 1.29 is 0 Å². The number of anilines is 4. The zero-order valence-corrected chi connectivity index (χ0v) is 17.5. The van der Waals surface area contributed by atoms with Gasteiger partial charge in [0.2, 0.25) is 5.95 Å². The number of nitrogens with one attached hydrogen (secondary N) is 2. The molecule has 0 bridgehead atoms. The molecule has 0 spiro atoms. The van der Waals surface area contributed by atoms with Gasteiger partial charge in [0.15, 0.2) is 0 Å². The molecule has 3 aromatic rings. The molecule has 2 N–H and O–H groups in total. The van der Waals surface area contributed by atoms with Crippen molar-refractivity contribution in [2.75, 3.05) is 10.6 Å². The van der Waals surface area contributed by atoms with Crippen molar-refractivity contribution in [3.8, 4) is 6.07 Å². The Kier molecular flexibility index (Phi) is 6.38. The molecule has 7 nitrogen and oxygen atoms in total. The Hall–Kier alpha value is -3.79. The van der Waals surface area contributed by atoms with Crippen molar-refractivity contribution >= 4 is 23.1 Å². The highest BCUT2D eigenvalue weighted by molar-refractivity contribution is 5.66. The molecular weight excluding hydrogens is 376 g/mol. The molecule has 1 unspecified atom stereocenters. The van der Waals surface area contributed by atoms with Crippen molar-refractivity contribution in [1.29, 1.82) is 5.26 Å². The van der Waals surface area contributed by atoms with Gasteiger partial charge in [0, 0.05) is 17.6 Å². The van der Waals surface area contributed by atoms with E-state index in [1.165, 1.54) is 0 Å². The normalized spacial score (nSPS) is 11.6. The highest BCUT2D eigenvalue weighted by Crippen LogP contribution is 2.32. The summed E-state index contributed by atoms with van der Waals surface area (Å²) < 4.78 is 0. The molecule has 0 amide bonds. The Morgan fingerprint density at radius 2 is 1.70 bits per heavy atom. The van der Waals surface area contributed by atoms with Crippen molar-refractivity contribution in [3.63, 3.8) is 0 Å². The molecule has 0 aliphatic carbocycles. The van der Waals surface area contributed by atoms with E-state index in [0.29, 0.717) is 17.3 Å². The van der Waals surface area contributed by atoms with Crippen molar-refractivity contribution in [2.24, 2.45) is 11.1 Å². The van der Waals surface area contributed by atoms with Crippen LogP contribution in [0.25, 0.3) is 0 Å². The first kappa shape index (κ1) is 20.9. The van der Waals surface area contributed by atoms with E-state index in [-0.39, 0.29) is 12.0 Å². The number of hydrogen-bond acceptors (Lipinski definition) is 7. The third-order valence-corrected chi connectivity index (χ3v) is 4.82. The van der Waals surface area contributed by atoms with Gasteiger partial charge in [-0.15, -0.1) is 0 Å². The molecule has 0 saturated carbocycles. The van der Waals surface area contributed by atoms with Gasteiger partial charge in [-0.25, -0.2) is 4.98 Å². The molecule has 3 rings (SSSR count). The highest BCUT2D eigenvalue weighted by Gasteiger charge is 2.18. The zero-order valence-electron chi connectivity index (χ0n) is 17.5. The van der Waals surface area contributed by atoms with Crippen LogP contribution in [0.3, 0.4) is 0 Å². The van der Waals surface area contributed by atoms with E-state index in [1.807, 2.05) is 39.8 Å². The van der Waals surface area contributed by atoms with E-state index < -0.39 is 0 Å². The van der Waals surface area contributed by atoms with Gasteiger partial charge >= 0.3 is 0 Å². The summed E-state index contributed by atoms with van der Waals surface area (Å²) in [6, 6.07) is 14.6. The van der Waals surface area contributed by atoms with E-state index in [2.05, 4.69) is 31.8 Å².